The van der Waals surface area contributed by atoms with Gasteiger partial charge in [-0.3, -0.25) is 0 Å². The van der Waals surface area contributed by atoms with E-state index in [1.54, 1.807) is 0 Å². The van der Waals surface area contributed by atoms with Crippen LogP contribution in [0.25, 0.3) is 0 Å². The smallest absolute Gasteiger partial charge is 0.0662 e. The van der Waals surface area contributed by atoms with E-state index in [2.05, 4.69) is 6.58 Å². The lowest BCUT2D eigenvalue weighted by Crippen LogP contribution is -1.85. The zero-order chi connectivity index (χ0) is 13.9. The molecule has 0 aromatic heterocycles. The van der Waals surface area contributed by atoms with Gasteiger partial charge < -0.3 is 14.9 Å². The molecular formula is C14H32O3. The maximum Gasteiger partial charge on any atom is 0.0662 e. The summed E-state index contributed by atoms with van der Waals surface area (Å²) in [7, 11) is 0. The Kier molecular flexibility index (Phi) is 31.8. The van der Waals surface area contributed by atoms with Crippen LogP contribution in [-0.4, -0.2) is 36.6 Å². The fourth-order valence-electron chi connectivity index (χ4n) is 0.454. The van der Waals surface area contributed by atoms with E-state index in [1.165, 1.54) is 31.3 Å². The molecule has 1 aliphatic rings. The number of hydrogen-bond acceptors (Lipinski definition) is 3. The van der Waals surface area contributed by atoms with Gasteiger partial charge in [0.05, 0.1) is 13.2 Å². The molecule has 0 atom stereocenters. The van der Waals surface area contributed by atoms with Crippen LogP contribution in [0.15, 0.2) is 12.2 Å². The molecule has 0 aromatic carbocycles. The minimum absolute atomic E-state index is 0.125. The number of hydrogen-bond donors (Lipinski definition) is 2. The van der Waals surface area contributed by atoms with Crippen LogP contribution < -0.4 is 0 Å². The van der Waals surface area contributed by atoms with Crippen LogP contribution in [0.5, 0.6) is 0 Å². The minimum Gasteiger partial charge on any atom is -0.394 e. The summed E-state index contributed by atoms with van der Waals surface area (Å²) < 4.78 is 4.83. The first-order valence-electron chi connectivity index (χ1n) is 6.48. The average Bonchev–Trinajstić information content (AvgIpc) is 2.16. The zero-order valence-corrected chi connectivity index (χ0v) is 12.2. The van der Waals surface area contributed by atoms with Crippen molar-refractivity contribution < 1.29 is 14.9 Å². The first kappa shape index (κ1) is 21.9. The lowest BCUT2D eigenvalue weighted by molar-refractivity contribution is 0.162. The molecule has 0 saturated heterocycles. The topological polar surface area (TPSA) is 49.7 Å². The summed E-state index contributed by atoms with van der Waals surface area (Å²) in [5.74, 6) is 0. The molecule has 0 radical (unpaired) electrons. The van der Waals surface area contributed by atoms with E-state index in [4.69, 9.17) is 14.9 Å². The monoisotopic (exact) mass is 248 g/mol. The van der Waals surface area contributed by atoms with Gasteiger partial charge in [0.1, 0.15) is 0 Å². The van der Waals surface area contributed by atoms with Gasteiger partial charge in [0.15, 0.2) is 0 Å². The van der Waals surface area contributed by atoms with Crippen molar-refractivity contribution in [3.63, 3.8) is 0 Å². The molecule has 3 heteroatoms. The molecule has 0 amide bonds. The normalized spacial score (nSPS) is 11.4. The van der Waals surface area contributed by atoms with Crippen molar-refractivity contribution >= 4 is 0 Å². The summed E-state index contributed by atoms with van der Waals surface area (Å²) in [6, 6.07) is 0. The van der Waals surface area contributed by atoms with Gasteiger partial charge in [-0.25, -0.2) is 0 Å². The average molecular weight is 248 g/mol. The van der Waals surface area contributed by atoms with Gasteiger partial charge in [-0.1, -0.05) is 31.3 Å². The van der Waals surface area contributed by atoms with E-state index >= 15 is 0 Å². The fourth-order valence-corrected chi connectivity index (χ4v) is 0.454. The highest BCUT2D eigenvalue weighted by atomic mass is 16.5. The summed E-state index contributed by atoms with van der Waals surface area (Å²) >= 11 is 0. The van der Waals surface area contributed by atoms with E-state index in [0.717, 1.165) is 13.2 Å². The number of ether oxygens (including phenoxy) is 1. The lowest BCUT2D eigenvalue weighted by Gasteiger charge is -2.05. The SMILES string of the molecule is C1CCC1.C=C(C)C.CCOCC.OCCO. The van der Waals surface area contributed by atoms with Gasteiger partial charge in [-0.05, 0) is 27.7 Å². The van der Waals surface area contributed by atoms with Crippen molar-refractivity contribution in [3.05, 3.63) is 12.2 Å². The van der Waals surface area contributed by atoms with Gasteiger partial charge in [0, 0.05) is 13.2 Å². The summed E-state index contributed by atoms with van der Waals surface area (Å²) in [5, 5.41) is 15.2. The van der Waals surface area contributed by atoms with E-state index in [1.807, 2.05) is 27.7 Å². The molecule has 0 heterocycles. The van der Waals surface area contributed by atoms with E-state index < -0.39 is 0 Å². The Morgan fingerprint density at radius 2 is 1.18 bits per heavy atom. The second-order valence-corrected chi connectivity index (χ2v) is 3.85. The molecule has 2 N–H and O–H groups in total. The van der Waals surface area contributed by atoms with Crippen LogP contribution in [-0.2, 0) is 4.74 Å². The van der Waals surface area contributed by atoms with Crippen molar-refractivity contribution in [3.8, 4) is 0 Å². The Bertz CT molecular complexity index is 109. The van der Waals surface area contributed by atoms with Crippen molar-refractivity contribution in [1.82, 2.24) is 0 Å². The number of allylic oxidation sites excluding steroid dienone is 1. The summed E-state index contributed by atoms with van der Waals surface area (Å²) in [4.78, 5) is 0. The Hall–Kier alpha value is -0.380. The van der Waals surface area contributed by atoms with Crippen LogP contribution in [0.2, 0.25) is 0 Å². The first-order valence-corrected chi connectivity index (χ1v) is 6.48. The summed E-state index contributed by atoms with van der Waals surface area (Å²) in [6.07, 6.45) is 6.00. The van der Waals surface area contributed by atoms with Gasteiger partial charge >= 0.3 is 0 Å². The molecular weight excluding hydrogens is 216 g/mol. The molecule has 17 heavy (non-hydrogen) atoms. The highest BCUT2D eigenvalue weighted by Gasteiger charge is 1.95. The molecule has 1 fully saturated rings. The van der Waals surface area contributed by atoms with E-state index in [9.17, 15) is 0 Å². The van der Waals surface area contributed by atoms with Crippen molar-refractivity contribution in [2.75, 3.05) is 26.4 Å². The molecule has 1 rings (SSSR count). The molecule has 0 aromatic rings. The highest BCUT2D eigenvalue weighted by molar-refractivity contribution is 4.78. The number of aliphatic hydroxyl groups excluding tert-OH is 2. The third kappa shape index (κ3) is 66.1. The standard InChI is InChI=1S/C4H10O.2C4H8.C2H6O2/c1-3-5-4-2;1-2-4-3-1;1-4(2)3;3-1-2-4/h3-4H2,1-2H3;1-4H2;1H2,2-3H3;3-4H,1-2H2. The van der Waals surface area contributed by atoms with Gasteiger partial charge in [0.25, 0.3) is 0 Å². The minimum atomic E-state index is -0.125. The predicted octanol–water partition coefficient (Wildman–Crippen LogP) is 3.16. The second kappa shape index (κ2) is 24.7. The molecule has 0 spiro atoms. The number of aliphatic hydroxyl groups is 2. The van der Waals surface area contributed by atoms with Gasteiger partial charge in [-0.15, -0.1) is 6.58 Å². The van der Waals surface area contributed by atoms with E-state index in [0.29, 0.717) is 0 Å². The molecule has 0 bridgehead atoms. The van der Waals surface area contributed by atoms with E-state index in [-0.39, 0.29) is 13.2 Å². The molecule has 3 nitrogen and oxygen atoms in total. The lowest BCUT2D eigenvalue weighted by atomic mass is 10.0. The van der Waals surface area contributed by atoms with Crippen molar-refractivity contribution in [1.29, 1.82) is 0 Å². The number of rotatable bonds is 3. The molecule has 0 unspecified atom stereocenters. The highest BCUT2D eigenvalue weighted by Crippen LogP contribution is 2.15. The van der Waals surface area contributed by atoms with Crippen LogP contribution in [0.1, 0.15) is 53.4 Å². The third-order valence-electron chi connectivity index (χ3n) is 1.51. The Morgan fingerprint density at radius 1 is 0.941 bits per heavy atom. The van der Waals surface area contributed by atoms with Crippen LogP contribution in [0, 0.1) is 0 Å². The van der Waals surface area contributed by atoms with Gasteiger partial charge in [0.2, 0.25) is 0 Å². The second-order valence-electron chi connectivity index (χ2n) is 3.85. The fraction of sp³-hybridized carbons (Fsp3) is 0.857. The molecule has 1 saturated carbocycles. The van der Waals surface area contributed by atoms with Gasteiger partial charge in [-0.2, -0.15) is 0 Å². The maximum atomic E-state index is 7.62. The first-order chi connectivity index (χ1) is 8.06. The predicted molar refractivity (Wildman–Crippen MR) is 75.3 cm³/mol. The largest absolute Gasteiger partial charge is 0.394 e. The maximum absolute atomic E-state index is 7.62. The summed E-state index contributed by atoms with van der Waals surface area (Å²) in [5.41, 5.74) is 1.17. The summed E-state index contributed by atoms with van der Waals surface area (Å²) in [6.45, 7) is 12.9. The molecule has 0 aliphatic heterocycles. The molecule has 1 aliphatic carbocycles. The van der Waals surface area contributed by atoms with Crippen LogP contribution >= 0.6 is 0 Å². The van der Waals surface area contributed by atoms with Crippen molar-refractivity contribution in [2.45, 2.75) is 53.4 Å². The third-order valence-corrected chi connectivity index (χ3v) is 1.51. The molecule has 106 valence electrons. The Labute approximate surface area is 108 Å². The van der Waals surface area contributed by atoms with Crippen LogP contribution in [0.4, 0.5) is 0 Å². The Morgan fingerprint density at radius 3 is 1.18 bits per heavy atom. The van der Waals surface area contributed by atoms with Crippen molar-refractivity contribution in [2.24, 2.45) is 0 Å². The zero-order valence-electron chi connectivity index (χ0n) is 12.2. The van der Waals surface area contributed by atoms with Crippen LogP contribution in [0.3, 0.4) is 0 Å². The quantitative estimate of drug-likeness (QED) is 0.754. The Balaban J connectivity index is -0.000000154.